The Labute approximate surface area is 107 Å². The van der Waals surface area contributed by atoms with Gasteiger partial charge in [0.25, 0.3) is 0 Å². The number of nitrogens with zero attached hydrogens (tertiary/aromatic N) is 2. The molecule has 7 heteroatoms. The first-order valence-corrected chi connectivity index (χ1v) is 7.54. The van der Waals surface area contributed by atoms with E-state index < -0.39 is 21.7 Å². The van der Waals surface area contributed by atoms with Gasteiger partial charge in [-0.05, 0) is 19.9 Å². The van der Waals surface area contributed by atoms with Crippen LogP contribution in [-0.2, 0) is 26.9 Å². The SMILES string of the molecule is CCn1nc(C)cc1CS(=O)(=O)CC(C)C(=O)O. The molecule has 1 unspecified atom stereocenters. The predicted octanol–water partition coefficient (Wildman–Crippen LogP) is 0.847. The molecule has 0 amide bonds. The molecule has 0 radical (unpaired) electrons. The molecule has 0 saturated carbocycles. The molecule has 18 heavy (non-hydrogen) atoms. The minimum absolute atomic E-state index is 0.167. The van der Waals surface area contributed by atoms with Crippen molar-refractivity contribution in [3.63, 3.8) is 0 Å². The number of aromatic nitrogens is 2. The number of aryl methyl sites for hydroxylation is 2. The standard InChI is InChI=1S/C11H18N2O4S/c1-4-13-10(5-9(3)12-13)7-18(16,17)6-8(2)11(14)15/h5,8H,4,6-7H2,1-3H3,(H,14,15). The number of carboxylic acid groups (broad SMARTS) is 1. The minimum atomic E-state index is -3.44. The lowest BCUT2D eigenvalue weighted by atomic mass is 10.2. The number of carbonyl (C=O) groups is 1. The van der Waals surface area contributed by atoms with Crippen molar-refractivity contribution < 1.29 is 18.3 Å². The quantitative estimate of drug-likeness (QED) is 0.830. The van der Waals surface area contributed by atoms with E-state index in [1.165, 1.54) is 6.92 Å². The third-order valence-corrected chi connectivity index (χ3v) is 4.32. The van der Waals surface area contributed by atoms with Crippen LogP contribution in [-0.4, -0.2) is 35.0 Å². The Bertz CT molecular complexity index is 533. The molecule has 0 aromatic carbocycles. The van der Waals surface area contributed by atoms with Crippen molar-refractivity contribution in [2.24, 2.45) is 5.92 Å². The van der Waals surface area contributed by atoms with Crippen LogP contribution >= 0.6 is 0 Å². The maximum atomic E-state index is 11.9. The second-order valence-electron chi connectivity index (χ2n) is 4.39. The Kier molecular flexibility index (Phi) is 4.50. The van der Waals surface area contributed by atoms with Crippen LogP contribution in [0.4, 0.5) is 0 Å². The Morgan fingerprint density at radius 3 is 2.67 bits per heavy atom. The van der Waals surface area contributed by atoms with Crippen molar-refractivity contribution in [3.05, 3.63) is 17.5 Å². The average molecular weight is 274 g/mol. The van der Waals surface area contributed by atoms with Crippen molar-refractivity contribution in [2.45, 2.75) is 33.1 Å². The first-order valence-electron chi connectivity index (χ1n) is 5.71. The Morgan fingerprint density at radius 2 is 2.17 bits per heavy atom. The van der Waals surface area contributed by atoms with Crippen LogP contribution in [0.3, 0.4) is 0 Å². The summed E-state index contributed by atoms with van der Waals surface area (Å²) in [4.78, 5) is 10.7. The van der Waals surface area contributed by atoms with Gasteiger partial charge in [-0.3, -0.25) is 9.48 Å². The molecule has 0 saturated heterocycles. The maximum absolute atomic E-state index is 11.9. The zero-order valence-electron chi connectivity index (χ0n) is 10.8. The van der Waals surface area contributed by atoms with E-state index in [9.17, 15) is 13.2 Å². The number of hydrogen-bond acceptors (Lipinski definition) is 4. The topological polar surface area (TPSA) is 89.3 Å². The van der Waals surface area contributed by atoms with E-state index in [1.807, 2.05) is 6.92 Å². The Hall–Kier alpha value is -1.37. The summed E-state index contributed by atoms with van der Waals surface area (Å²) >= 11 is 0. The monoisotopic (exact) mass is 274 g/mol. The van der Waals surface area contributed by atoms with E-state index in [2.05, 4.69) is 5.10 Å². The molecule has 1 N–H and O–H groups in total. The molecule has 1 aromatic heterocycles. The lowest BCUT2D eigenvalue weighted by Gasteiger charge is -2.08. The third-order valence-electron chi connectivity index (χ3n) is 2.58. The smallest absolute Gasteiger partial charge is 0.307 e. The molecule has 6 nitrogen and oxygen atoms in total. The normalized spacial score (nSPS) is 13.5. The number of carboxylic acids is 1. The van der Waals surface area contributed by atoms with Gasteiger partial charge in [0.15, 0.2) is 9.84 Å². The molecular weight excluding hydrogens is 256 g/mol. The predicted molar refractivity (Wildman–Crippen MR) is 66.9 cm³/mol. The van der Waals surface area contributed by atoms with Gasteiger partial charge >= 0.3 is 5.97 Å². The summed E-state index contributed by atoms with van der Waals surface area (Å²) in [6.07, 6.45) is 0. The highest BCUT2D eigenvalue weighted by atomic mass is 32.2. The molecule has 0 aliphatic heterocycles. The van der Waals surface area contributed by atoms with Crippen LogP contribution in [0.5, 0.6) is 0 Å². The van der Waals surface area contributed by atoms with Gasteiger partial charge in [0.1, 0.15) is 0 Å². The summed E-state index contributed by atoms with van der Waals surface area (Å²) in [5, 5.41) is 12.9. The lowest BCUT2D eigenvalue weighted by Crippen LogP contribution is -2.23. The first-order chi connectivity index (χ1) is 8.25. The molecule has 1 aromatic rings. The number of aliphatic carboxylic acids is 1. The van der Waals surface area contributed by atoms with Crippen molar-refractivity contribution in [1.29, 1.82) is 0 Å². The van der Waals surface area contributed by atoms with Crippen LogP contribution in [0.25, 0.3) is 0 Å². The number of sulfone groups is 1. The van der Waals surface area contributed by atoms with Gasteiger partial charge in [0, 0.05) is 6.54 Å². The summed E-state index contributed by atoms with van der Waals surface area (Å²) < 4.78 is 25.4. The summed E-state index contributed by atoms with van der Waals surface area (Å²) in [5.41, 5.74) is 1.36. The largest absolute Gasteiger partial charge is 0.481 e. The highest BCUT2D eigenvalue weighted by Gasteiger charge is 2.22. The van der Waals surface area contributed by atoms with E-state index in [-0.39, 0.29) is 11.5 Å². The molecule has 1 heterocycles. The van der Waals surface area contributed by atoms with Crippen molar-refractivity contribution in [3.8, 4) is 0 Å². The van der Waals surface area contributed by atoms with Crippen molar-refractivity contribution >= 4 is 15.8 Å². The molecule has 1 rings (SSSR count). The molecule has 102 valence electrons. The van der Waals surface area contributed by atoms with Gasteiger partial charge in [-0.25, -0.2) is 8.42 Å². The Balaban J connectivity index is 2.85. The number of hydrogen-bond donors (Lipinski definition) is 1. The van der Waals surface area contributed by atoms with E-state index in [0.29, 0.717) is 12.2 Å². The summed E-state index contributed by atoms with van der Waals surface area (Å²) in [5.74, 6) is -2.51. The third kappa shape index (κ3) is 3.83. The minimum Gasteiger partial charge on any atom is -0.481 e. The molecular formula is C11H18N2O4S. The summed E-state index contributed by atoms with van der Waals surface area (Å²) in [6.45, 7) is 5.65. The first kappa shape index (κ1) is 14.7. The van der Waals surface area contributed by atoms with E-state index in [4.69, 9.17) is 5.11 Å². The fourth-order valence-electron chi connectivity index (χ4n) is 1.73. The van der Waals surface area contributed by atoms with Gasteiger partial charge in [-0.1, -0.05) is 6.92 Å². The van der Waals surface area contributed by atoms with E-state index in [0.717, 1.165) is 5.69 Å². The van der Waals surface area contributed by atoms with E-state index in [1.54, 1.807) is 17.7 Å². The highest BCUT2D eigenvalue weighted by molar-refractivity contribution is 7.90. The van der Waals surface area contributed by atoms with Crippen LogP contribution in [0.2, 0.25) is 0 Å². The number of rotatable bonds is 6. The van der Waals surface area contributed by atoms with Gasteiger partial charge in [0.2, 0.25) is 0 Å². The van der Waals surface area contributed by atoms with Crippen molar-refractivity contribution in [2.75, 3.05) is 5.75 Å². The molecule has 0 fully saturated rings. The van der Waals surface area contributed by atoms with E-state index >= 15 is 0 Å². The zero-order chi connectivity index (χ0) is 13.9. The summed E-state index contributed by atoms with van der Waals surface area (Å²) in [6, 6.07) is 1.71. The molecule has 0 aliphatic rings. The van der Waals surface area contributed by atoms with Crippen LogP contribution in [0.1, 0.15) is 25.2 Å². The molecule has 1 atom stereocenters. The van der Waals surface area contributed by atoms with Gasteiger partial charge in [0.05, 0.1) is 28.8 Å². The fourth-order valence-corrected chi connectivity index (χ4v) is 3.43. The average Bonchev–Trinajstić information content (AvgIpc) is 2.56. The molecule has 0 spiro atoms. The lowest BCUT2D eigenvalue weighted by molar-refractivity contribution is -0.140. The van der Waals surface area contributed by atoms with Gasteiger partial charge in [-0.15, -0.1) is 0 Å². The zero-order valence-corrected chi connectivity index (χ0v) is 11.6. The van der Waals surface area contributed by atoms with Crippen LogP contribution < -0.4 is 0 Å². The van der Waals surface area contributed by atoms with Crippen molar-refractivity contribution in [1.82, 2.24) is 9.78 Å². The highest BCUT2D eigenvalue weighted by Crippen LogP contribution is 2.12. The van der Waals surface area contributed by atoms with Crippen LogP contribution in [0, 0.1) is 12.8 Å². The maximum Gasteiger partial charge on any atom is 0.307 e. The fraction of sp³-hybridized carbons (Fsp3) is 0.636. The second kappa shape index (κ2) is 5.51. The van der Waals surface area contributed by atoms with Gasteiger partial charge < -0.3 is 5.11 Å². The molecule has 0 aliphatic carbocycles. The van der Waals surface area contributed by atoms with Crippen LogP contribution in [0.15, 0.2) is 6.07 Å². The second-order valence-corrected chi connectivity index (χ2v) is 6.50. The summed E-state index contributed by atoms with van der Waals surface area (Å²) in [7, 11) is -3.44. The van der Waals surface area contributed by atoms with Gasteiger partial charge in [-0.2, -0.15) is 5.10 Å². The molecule has 0 bridgehead atoms. The Morgan fingerprint density at radius 1 is 1.56 bits per heavy atom.